The van der Waals surface area contributed by atoms with Crippen molar-refractivity contribution in [3.8, 4) is 5.75 Å². The van der Waals surface area contributed by atoms with Gasteiger partial charge in [-0.2, -0.15) is 0 Å². The number of benzene rings is 2. The summed E-state index contributed by atoms with van der Waals surface area (Å²) in [6, 6.07) is 14.5. The molecule has 1 heteroatoms. The molecule has 0 spiro atoms. The average Bonchev–Trinajstić information content (AvgIpc) is 2.64. The highest BCUT2D eigenvalue weighted by Crippen LogP contribution is 2.48. The summed E-state index contributed by atoms with van der Waals surface area (Å²) in [7, 11) is 0. The van der Waals surface area contributed by atoms with Gasteiger partial charge in [-0.25, -0.2) is 0 Å². The molecule has 1 nitrogen and oxygen atoms in total. The third-order valence-electron chi connectivity index (χ3n) is 6.22. The fourth-order valence-electron chi connectivity index (χ4n) is 4.42. The number of rotatable bonds is 5. The summed E-state index contributed by atoms with van der Waals surface area (Å²) in [5.41, 5.74) is 7.49. The van der Waals surface area contributed by atoms with Crippen molar-refractivity contribution in [2.45, 2.75) is 77.6 Å². The Morgan fingerprint density at radius 2 is 1.63 bits per heavy atom. The molecular formula is C26H34O. The molecule has 1 aliphatic carbocycles. The Morgan fingerprint density at radius 1 is 0.963 bits per heavy atom. The predicted molar refractivity (Wildman–Crippen MR) is 117 cm³/mol. The third-order valence-corrected chi connectivity index (χ3v) is 6.22. The Labute approximate surface area is 165 Å². The molecule has 3 rings (SSSR count). The van der Waals surface area contributed by atoms with Crippen LogP contribution in [0.5, 0.6) is 5.75 Å². The first kappa shape index (κ1) is 19.7. The molecule has 0 amide bonds. The second-order valence-corrected chi connectivity index (χ2v) is 9.36. The lowest BCUT2D eigenvalue weighted by Gasteiger charge is -2.43. The number of allylic oxidation sites excluding steroid dienone is 1. The van der Waals surface area contributed by atoms with Crippen molar-refractivity contribution in [2.24, 2.45) is 0 Å². The van der Waals surface area contributed by atoms with Crippen LogP contribution >= 0.6 is 0 Å². The van der Waals surface area contributed by atoms with Crippen LogP contribution in [-0.4, -0.2) is 5.11 Å². The maximum absolute atomic E-state index is 9.61. The van der Waals surface area contributed by atoms with Gasteiger partial charge in [0.2, 0.25) is 0 Å². The Bertz CT molecular complexity index is 822. The third kappa shape index (κ3) is 4.13. The first-order valence-electron chi connectivity index (χ1n) is 10.4. The highest BCUT2D eigenvalue weighted by molar-refractivity contribution is 5.84. The first-order chi connectivity index (χ1) is 12.7. The van der Waals surface area contributed by atoms with Gasteiger partial charge in [-0.3, -0.25) is 0 Å². The molecule has 0 radical (unpaired) electrons. The van der Waals surface area contributed by atoms with E-state index in [1.54, 1.807) is 17.7 Å². The first-order valence-corrected chi connectivity index (χ1v) is 10.4. The molecule has 2 aromatic rings. The number of aromatic hydroxyl groups is 1. The van der Waals surface area contributed by atoms with Crippen molar-refractivity contribution in [3.05, 3.63) is 64.7 Å². The lowest BCUT2D eigenvalue weighted by molar-refractivity contribution is 0.331. The lowest BCUT2D eigenvalue weighted by atomic mass is 9.61. The topological polar surface area (TPSA) is 20.2 Å². The molecule has 144 valence electrons. The number of phenols is 1. The molecule has 0 unspecified atom stereocenters. The average molecular weight is 363 g/mol. The van der Waals surface area contributed by atoms with E-state index in [2.05, 4.69) is 58.9 Å². The van der Waals surface area contributed by atoms with Crippen LogP contribution in [0.1, 0.15) is 89.0 Å². The molecule has 0 saturated heterocycles. The van der Waals surface area contributed by atoms with Crippen molar-refractivity contribution in [1.82, 2.24) is 0 Å². The van der Waals surface area contributed by atoms with E-state index < -0.39 is 0 Å². The Morgan fingerprint density at radius 3 is 2.30 bits per heavy atom. The van der Waals surface area contributed by atoms with Gasteiger partial charge >= 0.3 is 0 Å². The molecule has 0 atom stereocenters. The molecular weight excluding hydrogens is 328 g/mol. The maximum Gasteiger partial charge on any atom is 0.115 e. The van der Waals surface area contributed by atoms with Gasteiger partial charge in [0.05, 0.1) is 0 Å². The van der Waals surface area contributed by atoms with E-state index in [9.17, 15) is 5.11 Å². The number of unbranched alkanes of at least 4 members (excludes halogenated alkanes) is 1. The van der Waals surface area contributed by atoms with Crippen LogP contribution in [0, 0.1) is 0 Å². The molecule has 0 saturated carbocycles. The minimum Gasteiger partial charge on any atom is -0.508 e. The fourth-order valence-corrected chi connectivity index (χ4v) is 4.42. The van der Waals surface area contributed by atoms with E-state index in [1.807, 2.05) is 12.1 Å². The van der Waals surface area contributed by atoms with E-state index in [0.717, 1.165) is 12.0 Å². The van der Waals surface area contributed by atoms with Crippen LogP contribution in [0.3, 0.4) is 0 Å². The van der Waals surface area contributed by atoms with E-state index in [0.29, 0.717) is 5.75 Å². The molecule has 0 bridgehead atoms. The fraction of sp³-hybridized carbons (Fsp3) is 0.462. The molecule has 0 heterocycles. The van der Waals surface area contributed by atoms with Gasteiger partial charge < -0.3 is 5.11 Å². The van der Waals surface area contributed by atoms with E-state index in [1.165, 1.54) is 42.4 Å². The quantitative estimate of drug-likeness (QED) is 0.547. The van der Waals surface area contributed by atoms with Crippen LogP contribution in [-0.2, 0) is 10.8 Å². The summed E-state index contributed by atoms with van der Waals surface area (Å²) in [6.07, 6.45) is 8.26. The highest BCUT2D eigenvalue weighted by Gasteiger charge is 2.38. The van der Waals surface area contributed by atoms with Crippen molar-refractivity contribution in [3.63, 3.8) is 0 Å². The Balaban J connectivity index is 2.17. The molecule has 1 N–H and O–H groups in total. The number of hydrogen-bond acceptors (Lipinski definition) is 1. The van der Waals surface area contributed by atoms with Crippen molar-refractivity contribution in [2.75, 3.05) is 0 Å². The molecule has 27 heavy (non-hydrogen) atoms. The van der Waals surface area contributed by atoms with Gasteiger partial charge in [0, 0.05) is 0 Å². The molecule has 2 aromatic carbocycles. The van der Waals surface area contributed by atoms with Crippen molar-refractivity contribution >= 4 is 11.6 Å². The van der Waals surface area contributed by atoms with Crippen LogP contribution < -0.4 is 0 Å². The van der Waals surface area contributed by atoms with Gasteiger partial charge in [-0.1, -0.05) is 77.4 Å². The summed E-state index contributed by atoms with van der Waals surface area (Å²) in [4.78, 5) is 0. The second-order valence-electron chi connectivity index (χ2n) is 9.36. The minimum absolute atomic E-state index is 0.196. The molecule has 1 aliphatic rings. The summed E-state index contributed by atoms with van der Waals surface area (Å²) < 4.78 is 0. The highest BCUT2D eigenvalue weighted by atomic mass is 16.3. The number of hydrogen-bond donors (Lipinski definition) is 1. The van der Waals surface area contributed by atoms with E-state index >= 15 is 0 Å². The van der Waals surface area contributed by atoms with Crippen LogP contribution in [0.15, 0.2) is 42.5 Å². The normalized spacial score (nSPS) is 18.2. The van der Waals surface area contributed by atoms with Gasteiger partial charge in [0.25, 0.3) is 0 Å². The Hall–Kier alpha value is -2.02. The smallest absolute Gasteiger partial charge is 0.115 e. The predicted octanol–water partition coefficient (Wildman–Crippen LogP) is 7.47. The van der Waals surface area contributed by atoms with Gasteiger partial charge in [-0.05, 0) is 76.5 Å². The van der Waals surface area contributed by atoms with Gasteiger partial charge in [0.1, 0.15) is 5.75 Å². The van der Waals surface area contributed by atoms with E-state index in [-0.39, 0.29) is 10.8 Å². The van der Waals surface area contributed by atoms with Gasteiger partial charge in [-0.15, -0.1) is 0 Å². The number of phenolic OH excluding ortho intramolecular Hbond substituents is 1. The lowest BCUT2D eigenvalue weighted by Crippen LogP contribution is -2.34. The monoisotopic (exact) mass is 362 g/mol. The zero-order valence-corrected chi connectivity index (χ0v) is 17.6. The van der Waals surface area contributed by atoms with Crippen molar-refractivity contribution < 1.29 is 5.11 Å². The second kappa shape index (κ2) is 7.54. The van der Waals surface area contributed by atoms with Gasteiger partial charge in [0.15, 0.2) is 0 Å². The van der Waals surface area contributed by atoms with Crippen LogP contribution in [0.4, 0.5) is 0 Å². The summed E-state index contributed by atoms with van der Waals surface area (Å²) in [5.74, 6) is 0.322. The van der Waals surface area contributed by atoms with Crippen molar-refractivity contribution in [1.29, 1.82) is 0 Å². The SMILES string of the molecule is CCCCC(=Cc1ccc(O)cc1)c1cccc2c1C(C)(C)CCC2(C)C. The molecule has 0 fully saturated rings. The Kier molecular flexibility index (Phi) is 5.51. The van der Waals surface area contributed by atoms with Crippen LogP contribution in [0.25, 0.3) is 11.6 Å². The van der Waals surface area contributed by atoms with Crippen LogP contribution in [0.2, 0.25) is 0 Å². The summed E-state index contributed by atoms with van der Waals surface area (Å²) >= 11 is 0. The zero-order valence-electron chi connectivity index (χ0n) is 17.6. The molecule has 0 aromatic heterocycles. The molecule has 0 aliphatic heterocycles. The summed E-state index contributed by atoms with van der Waals surface area (Å²) in [5, 5.41) is 9.61. The minimum atomic E-state index is 0.196. The largest absolute Gasteiger partial charge is 0.508 e. The summed E-state index contributed by atoms with van der Waals surface area (Å²) in [6.45, 7) is 11.8. The maximum atomic E-state index is 9.61. The zero-order chi connectivity index (χ0) is 19.7. The van der Waals surface area contributed by atoms with E-state index in [4.69, 9.17) is 0 Å². The standard InChI is InChI=1S/C26H34O/c1-6-7-9-20(18-19-12-14-21(27)15-13-19)22-10-8-11-23-24(22)26(4,5)17-16-25(23,2)3/h8,10-15,18,27H,6-7,9,16-17H2,1-5H3. The number of fused-ring (bicyclic) bond motifs is 1.